The standard InChI is InChI=1S/C23H26N2O2.ClH/c1-3-25-20-12-11-16-7-4-5-9-18(16)21(20)19-10-6-8-17(22(19)25)13-24-23(2,14-26)15-27;/h4-12,24,26-27H,3,13-15H2,1-2H3;1H. The van der Waals surface area contributed by atoms with E-state index in [0.29, 0.717) is 6.54 Å². The lowest BCUT2D eigenvalue weighted by Gasteiger charge is -2.26. The number of rotatable bonds is 6. The van der Waals surface area contributed by atoms with Crippen molar-refractivity contribution in [3.63, 3.8) is 0 Å². The molecule has 0 saturated carbocycles. The topological polar surface area (TPSA) is 57.4 Å². The van der Waals surface area contributed by atoms with Gasteiger partial charge in [0.1, 0.15) is 0 Å². The van der Waals surface area contributed by atoms with Crippen molar-refractivity contribution in [3.8, 4) is 0 Å². The molecule has 0 aliphatic rings. The van der Waals surface area contributed by atoms with E-state index in [0.717, 1.165) is 6.54 Å². The van der Waals surface area contributed by atoms with Crippen LogP contribution in [-0.2, 0) is 13.1 Å². The van der Waals surface area contributed by atoms with Crippen LogP contribution >= 0.6 is 12.4 Å². The van der Waals surface area contributed by atoms with Crippen LogP contribution in [0, 0.1) is 0 Å². The molecule has 5 heteroatoms. The van der Waals surface area contributed by atoms with E-state index in [1.165, 1.54) is 38.1 Å². The highest BCUT2D eigenvalue weighted by atomic mass is 35.5. The predicted molar refractivity (Wildman–Crippen MR) is 119 cm³/mol. The van der Waals surface area contributed by atoms with Crippen molar-refractivity contribution >= 4 is 45.0 Å². The summed E-state index contributed by atoms with van der Waals surface area (Å²) in [5, 5.41) is 27.5. The van der Waals surface area contributed by atoms with Crippen molar-refractivity contribution in [2.24, 2.45) is 0 Å². The van der Waals surface area contributed by atoms with Gasteiger partial charge in [-0.05, 0) is 36.2 Å². The second-order valence-corrected chi connectivity index (χ2v) is 7.47. The fourth-order valence-electron chi connectivity index (χ4n) is 3.94. The highest BCUT2D eigenvalue weighted by molar-refractivity contribution is 6.21. The quantitative estimate of drug-likeness (QED) is 0.455. The number of aryl methyl sites for hydroxylation is 1. The molecule has 0 spiro atoms. The van der Waals surface area contributed by atoms with Crippen LogP contribution in [0.1, 0.15) is 19.4 Å². The molecule has 0 aliphatic heterocycles. The maximum absolute atomic E-state index is 9.58. The summed E-state index contributed by atoms with van der Waals surface area (Å²) in [5.74, 6) is 0. The summed E-state index contributed by atoms with van der Waals surface area (Å²) in [4.78, 5) is 0. The third-order valence-electron chi connectivity index (χ3n) is 5.58. The summed E-state index contributed by atoms with van der Waals surface area (Å²) in [6.07, 6.45) is 0. The molecule has 148 valence electrons. The van der Waals surface area contributed by atoms with Crippen LogP contribution < -0.4 is 5.32 Å². The lowest BCUT2D eigenvalue weighted by Crippen LogP contribution is -2.48. The molecule has 4 rings (SSSR count). The van der Waals surface area contributed by atoms with E-state index in [9.17, 15) is 10.2 Å². The number of aliphatic hydroxyl groups is 2. The first-order valence-electron chi connectivity index (χ1n) is 9.50. The van der Waals surface area contributed by atoms with E-state index in [2.05, 4.69) is 71.4 Å². The van der Waals surface area contributed by atoms with Gasteiger partial charge in [0.15, 0.2) is 0 Å². The maximum Gasteiger partial charge on any atom is 0.0633 e. The first-order valence-corrected chi connectivity index (χ1v) is 9.50. The molecule has 0 fully saturated rings. The molecule has 3 aromatic carbocycles. The molecular formula is C23H27ClN2O2. The van der Waals surface area contributed by atoms with Crippen LogP contribution in [0.4, 0.5) is 0 Å². The Kier molecular flexibility index (Phi) is 5.96. The van der Waals surface area contributed by atoms with Gasteiger partial charge in [-0.2, -0.15) is 0 Å². The van der Waals surface area contributed by atoms with Gasteiger partial charge in [-0.25, -0.2) is 0 Å². The Hall–Kier alpha value is -2.11. The van der Waals surface area contributed by atoms with Crippen molar-refractivity contribution in [1.29, 1.82) is 0 Å². The maximum atomic E-state index is 9.58. The van der Waals surface area contributed by atoms with E-state index in [1.807, 2.05) is 6.92 Å². The average Bonchev–Trinajstić information content (AvgIpc) is 3.06. The van der Waals surface area contributed by atoms with Gasteiger partial charge in [-0.15, -0.1) is 12.4 Å². The Morgan fingerprint density at radius 3 is 2.36 bits per heavy atom. The number of para-hydroxylation sites is 1. The lowest BCUT2D eigenvalue weighted by molar-refractivity contribution is 0.103. The van der Waals surface area contributed by atoms with Gasteiger partial charge < -0.3 is 20.1 Å². The Balaban J connectivity index is 0.00000225. The summed E-state index contributed by atoms with van der Waals surface area (Å²) in [6.45, 7) is 5.25. The van der Waals surface area contributed by atoms with Gasteiger partial charge in [-0.1, -0.05) is 48.5 Å². The van der Waals surface area contributed by atoms with Crippen LogP contribution in [0.2, 0.25) is 0 Å². The summed E-state index contributed by atoms with van der Waals surface area (Å²) >= 11 is 0. The fraction of sp³-hybridized carbons (Fsp3) is 0.304. The van der Waals surface area contributed by atoms with E-state index < -0.39 is 5.54 Å². The molecule has 28 heavy (non-hydrogen) atoms. The number of hydrogen-bond acceptors (Lipinski definition) is 3. The zero-order valence-electron chi connectivity index (χ0n) is 16.3. The minimum Gasteiger partial charge on any atom is -0.394 e. The van der Waals surface area contributed by atoms with Crippen LogP contribution in [0.5, 0.6) is 0 Å². The molecular weight excluding hydrogens is 372 g/mol. The van der Waals surface area contributed by atoms with Crippen molar-refractivity contribution in [1.82, 2.24) is 9.88 Å². The number of nitrogens with zero attached hydrogens (tertiary/aromatic N) is 1. The fourth-order valence-corrected chi connectivity index (χ4v) is 3.94. The molecule has 0 aliphatic carbocycles. The van der Waals surface area contributed by atoms with E-state index in [4.69, 9.17) is 0 Å². The Labute approximate surface area is 171 Å². The van der Waals surface area contributed by atoms with Crippen molar-refractivity contribution in [3.05, 3.63) is 60.2 Å². The van der Waals surface area contributed by atoms with Gasteiger partial charge in [-0.3, -0.25) is 0 Å². The third kappa shape index (κ3) is 3.27. The molecule has 3 N–H and O–H groups in total. The van der Waals surface area contributed by atoms with Crippen LogP contribution in [0.15, 0.2) is 54.6 Å². The van der Waals surface area contributed by atoms with Crippen LogP contribution in [0.3, 0.4) is 0 Å². The number of nitrogens with one attached hydrogen (secondary N) is 1. The van der Waals surface area contributed by atoms with E-state index in [1.54, 1.807) is 0 Å². The summed E-state index contributed by atoms with van der Waals surface area (Å²) in [7, 11) is 0. The zero-order chi connectivity index (χ0) is 19.0. The normalized spacial score (nSPS) is 12.0. The molecule has 0 atom stereocenters. The van der Waals surface area contributed by atoms with Crippen LogP contribution in [0.25, 0.3) is 32.6 Å². The highest BCUT2D eigenvalue weighted by Gasteiger charge is 2.22. The molecule has 0 saturated heterocycles. The number of benzene rings is 3. The molecule has 1 aromatic heterocycles. The Bertz CT molecular complexity index is 1120. The Morgan fingerprint density at radius 2 is 1.64 bits per heavy atom. The molecule has 1 heterocycles. The van der Waals surface area contributed by atoms with Gasteiger partial charge in [0.2, 0.25) is 0 Å². The first kappa shape index (κ1) is 20.6. The van der Waals surface area contributed by atoms with Crippen molar-refractivity contribution in [2.45, 2.75) is 32.5 Å². The van der Waals surface area contributed by atoms with Gasteiger partial charge in [0, 0.05) is 29.4 Å². The molecule has 0 amide bonds. The lowest BCUT2D eigenvalue weighted by atomic mass is 10.0. The molecule has 4 nitrogen and oxygen atoms in total. The van der Waals surface area contributed by atoms with Gasteiger partial charge in [0.05, 0.1) is 24.3 Å². The number of hydrogen-bond donors (Lipinski definition) is 3. The van der Waals surface area contributed by atoms with Gasteiger partial charge in [0.25, 0.3) is 0 Å². The first-order chi connectivity index (χ1) is 13.1. The number of aromatic nitrogens is 1. The minimum atomic E-state index is -0.697. The molecule has 0 radical (unpaired) electrons. The van der Waals surface area contributed by atoms with Gasteiger partial charge >= 0.3 is 0 Å². The molecule has 0 bridgehead atoms. The minimum absolute atomic E-state index is 0. The zero-order valence-corrected chi connectivity index (χ0v) is 17.1. The second kappa shape index (κ2) is 8.10. The van der Waals surface area contributed by atoms with Crippen LogP contribution in [-0.4, -0.2) is 33.5 Å². The van der Waals surface area contributed by atoms with E-state index >= 15 is 0 Å². The second-order valence-electron chi connectivity index (χ2n) is 7.47. The predicted octanol–water partition coefficient (Wildman–Crippen LogP) is 4.22. The molecule has 4 aromatic rings. The Morgan fingerprint density at radius 1 is 0.929 bits per heavy atom. The smallest absolute Gasteiger partial charge is 0.0633 e. The summed E-state index contributed by atoms with van der Waals surface area (Å²) in [6, 6.07) is 19.3. The number of fused-ring (bicyclic) bond motifs is 5. The SMILES string of the molecule is CCn1c2ccc3ccccc3c2c2cccc(CNC(C)(CO)CO)c21.Cl. The van der Waals surface area contributed by atoms with E-state index in [-0.39, 0.29) is 25.6 Å². The highest BCUT2D eigenvalue weighted by Crippen LogP contribution is 2.36. The summed E-state index contributed by atoms with van der Waals surface area (Å²) in [5.41, 5.74) is 2.93. The monoisotopic (exact) mass is 398 g/mol. The average molecular weight is 399 g/mol. The summed E-state index contributed by atoms with van der Waals surface area (Å²) < 4.78 is 2.36. The largest absolute Gasteiger partial charge is 0.394 e. The van der Waals surface area contributed by atoms with Crippen molar-refractivity contribution < 1.29 is 10.2 Å². The molecule has 0 unspecified atom stereocenters. The third-order valence-corrected chi connectivity index (χ3v) is 5.58. The number of halogens is 1. The number of aliphatic hydroxyl groups excluding tert-OH is 2. The van der Waals surface area contributed by atoms with Crippen molar-refractivity contribution in [2.75, 3.05) is 13.2 Å².